The maximum atomic E-state index is 13.5. The molecule has 1 saturated carbocycles. The van der Waals surface area contributed by atoms with E-state index in [1.165, 1.54) is 31.2 Å². The molecule has 0 aromatic heterocycles. The highest BCUT2D eigenvalue weighted by molar-refractivity contribution is 5.26. The molecule has 20 heavy (non-hydrogen) atoms. The highest BCUT2D eigenvalue weighted by Crippen LogP contribution is 2.33. The van der Waals surface area contributed by atoms with Gasteiger partial charge in [-0.05, 0) is 49.9 Å². The SMILES string of the molecule is Cc1ccc(F)cc1CN1CC2(CCCC2)NCC1C. The van der Waals surface area contributed by atoms with Crippen molar-refractivity contribution in [1.82, 2.24) is 10.2 Å². The number of hydrogen-bond acceptors (Lipinski definition) is 2. The summed E-state index contributed by atoms with van der Waals surface area (Å²) in [5, 5.41) is 3.77. The van der Waals surface area contributed by atoms with Crippen LogP contribution in [0.4, 0.5) is 4.39 Å². The molecule has 1 heterocycles. The highest BCUT2D eigenvalue weighted by atomic mass is 19.1. The molecule has 2 nitrogen and oxygen atoms in total. The van der Waals surface area contributed by atoms with E-state index in [0.29, 0.717) is 11.6 Å². The Morgan fingerprint density at radius 1 is 1.35 bits per heavy atom. The fourth-order valence-electron chi connectivity index (χ4n) is 3.72. The Morgan fingerprint density at radius 2 is 2.10 bits per heavy atom. The van der Waals surface area contributed by atoms with Gasteiger partial charge in [-0.25, -0.2) is 4.39 Å². The Kier molecular flexibility index (Phi) is 3.83. The summed E-state index contributed by atoms with van der Waals surface area (Å²) in [6.45, 7) is 7.36. The average Bonchev–Trinajstić information content (AvgIpc) is 2.87. The van der Waals surface area contributed by atoms with E-state index >= 15 is 0 Å². The molecule has 1 saturated heterocycles. The standard InChI is InChI=1S/C17H25FN2/c1-13-5-6-16(18)9-15(13)11-20-12-17(7-3-4-8-17)19-10-14(20)2/h5-6,9,14,19H,3-4,7-8,10-12H2,1-2H3. The second-order valence-electron chi connectivity index (χ2n) is 6.69. The van der Waals surface area contributed by atoms with Crippen LogP contribution in [0.5, 0.6) is 0 Å². The second kappa shape index (κ2) is 5.45. The van der Waals surface area contributed by atoms with E-state index in [9.17, 15) is 4.39 Å². The molecule has 1 aliphatic carbocycles. The van der Waals surface area contributed by atoms with Crippen molar-refractivity contribution in [3.05, 3.63) is 35.1 Å². The van der Waals surface area contributed by atoms with Gasteiger partial charge in [0.1, 0.15) is 5.82 Å². The first-order chi connectivity index (χ1) is 9.58. The molecule has 1 atom stereocenters. The van der Waals surface area contributed by atoms with E-state index in [1.807, 2.05) is 6.07 Å². The maximum absolute atomic E-state index is 13.5. The van der Waals surface area contributed by atoms with Gasteiger partial charge in [-0.3, -0.25) is 4.90 Å². The summed E-state index contributed by atoms with van der Waals surface area (Å²) >= 11 is 0. The van der Waals surface area contributed by atoms with Crippen LogP contribution in [-0.4, -0.2) is 29.6 Å². The van der Waals surface area contributed by atoms with Gasteiger partial charge >= 0.3 is 0 Å². The van der Waals surface area contributed by atoms with Crippen LogP contribution in [-0.2, 0) is 6.54 Å². The van der Waals surface area contributed by atoms with Crippen molar-refractivity contribution in [2.24, 2.45) is 0 Å². The zero-order chi connectivity index (χ0) is 14.2. The molecule has 2 aliphatic rings. The van der Waals surface area contributed by atoms with E-state index in [2.05, 4.69) is 24.1 Å². The van der Waals surface area contributed by atoms with E-state index in [1.54, 1.807) is 12.1 Å². The first kappa shape index (κ1) is 14.0. The van der Waals surface area contributed by atoms with Gasteiger partial charge in [0.05, 0.1) is 0 Å². The largest absolute Gasteiger partial charge is 0.308 e. The third kappa shape index (κ3) is 2.75. The molecule has 1 aliphatic heterocycles. The maximum Gasteiger partial charge on any atom is 0.123 e. The molecule has 2 fully saturated rings. The van der Waals surface area contributed by atoms with Gasteiger partial charge < -0.3 is 5.32 Å². The van der Waals surface area contributed by atoms with Gasteiger partial charge in [0, 0.05) is 31.2 Å². The van der Waals surface area contributed by atoms with Crippen LogP contribution in [0.15, 0.2) is 18.2 Å². The number of nitrogens with zero attached hydrogens (tertiary/aromatic N) is 1. The number of hydrogen-bond donors (Lipinski definition) is 1. The summed E-state index contributed by atoms with van der Waals surface area (Å²) in [6, 6.07) is 5.66. The molecule has 110 valence electrons. The quantitative estimate of drug-likeness (QED) is 0.892. The number of aryl methyl sites for hydroxylation is 1. The minimum absolute atomic E-state index is 0.121. The number of halogens is 1. The number of rotatable bonds is 2. The van der Waals surface area contributed by atoms with Gasteiger partial charge in [-0.15, -0.1) is 0 Å². The summed E-state index contributed by atoms with van der Waals surface area (Å²) in [5.41, 5.74) is 2.65. The average molecular weight is 276 g/mol. The molecule has 1 aromatic rings. The zero-order valence-corrected chi connectivity index (χ0v) is 12.6. The molecule has 0 radical (unpaired) electrons. The molecule has 3 rings (SSSR count). The minimum Gasteiger partial charge on any atom is -0.308 e. The molecular weight excluding hydrogens is 251 g/mol. The van der Waals surface area contributed by atoms with Gasteiger partial charge in [0.25, 0.3) is 0 Å². The van der Waals surface area contributed by atoms with Gasteiger partial charge in [0.15, 0.2) is 0 Å². The van der Waals surface area contributed by atoms with Gasteiger partial charge in [-0.1, -0.05) is 18.9 Å². The highest BCUT2D eigenvalue weighted by Gasteiger charge is 2.39. The van der Waals surface area contributed by atoms with Crippen molar-refractivity contribution in [2.75, 3.05) is 13.1 Å². The van der Waals surface area contributed by atoms with E-state index in [0.717, 1.165) is 25.2 Å². The van der Waals surface area contributed by atoms with Crippen LogP contribution in [0.1, 0.15) is 43.7 Å². The van der Waals surface area contributed by atoms with Crippen LogP contribution in [0.3, 0.4) is 0 Å². The molecule has 1 aromatic carbocycles. The normalized spacial score (nSPS) is 26.2. The van der Waals surface area contributed by atoms with Crippen LogP contribution in [0, 0.1) is 12.7 Å². The third-order valence-electron chi connectivity index (χ3n) is 5.15. The van der Waals surface area contributed by atoms with Crippen LogP contribution in [0.25, 0.3) is 0 Å². The summed E-state index contributed by atoms with van der Waals surface area (Å²) in [4.78, 5) is 2.53. The molecular formula is C17H25FN2. The summed E-state index contributed by atoms with van der Waals surface area (Å²) in [7, 11) is 0. The summed E-state index contributed by atoms with van der Waals surface area (Å²) < 4.78 is 13.5. The van der Waals surface area contributed by atoms with Crippen molar-refractivity contribution in [3.8, 4) is 0 Å². The Bertz CT molecular complexity index is 480. The third-order valence-corrected chi connectivity index (χ3v) is 5.15. The number of piperazine rings is 1. The minimum atomic E-state index is -0.121. The van der Waals surface area contributed by atoms with Crippen molar-refractivity contribution < 1.29 is 4.39 Å². The first-order valence-corrected chi connectivity index (χ1v) is 7.82. The van der Waals surface area contributed by atoms with E-state index in [-0.39, 0.29) is 5.82 Å². The van der Waals surface area contributed by atoms with Crippen molar-refractivity contribution >= 4 is 0 Å². The lowest BCUT2D eigenvalue weighted by Crippen LogP contribution is -2.62. The molecule has 1 spiro atoms. The Labute approximate surface area is 121 Å². The smallest absolute Gasteiger partial charge is 0.123 e. The lowest BCUT2D eigenvalue weighted by molar-refractivity contribution is 0.0824. The van der Waals surface area contributed by atoms with E-state index < -0.39 is 0 Å². The second-order valence-corrected chi connectivity index (χ2v) is 6.69. The van der Waals surface area contributed by atoms with Gasteiger partial charge in [-0.2, -0.15) is 0 Å². The lowest BCUT2D eigenvalue weighted by atomic mass is 9.92. The molecule has 0 amide bonds. The molecule has 1 unspecified atom stereocenters. The Morgan fingerprint density at radius 3 is 2.85 bits per heavy atom. The molecule has 3 heteroatoms. The topological polar surface area (TPSA) is 15.3 Å². The van der Waals surface area contributed by atoms with Crippen molar-refractivity contribution in [3.63, 3.8) is 0 Å². The van der Waals surface area contributed by atoms with Crippen molar-refractivity contribution in [1.29, 1.82) is 0 Å². The zero-order valence-electron chi connectivity index (χ0n) is 12.6. The predicted molar refractivity (Wildman–Crippen MR) is 80.2 cm³/mol. The number of benzene rings is 1. The monoisotopic (exact) mass is 276 g/mol. The Hall–Kier alpha value is -0.930. The molecule has 0 bridgehead atoms. The van der Waals surface area contributed by atoms with E-state index in [4.69, 9.17) is 0 Å². The Balaban J connectivity index is 1.76. The fourth-order valence-corrected chi connectivity index (χ4v) is 3.72. The lowest BCUT2D eigenvalue weighted by Gasteiger charge is -2.45. The fraction of sp³-hybridized carbons (Fsp3) is 0.647. The van der Waals surface area contributed by atoms with Crippen molar-refractivity contribution in [2.45, 2.75) is 57.7 Å². The first-order valence-electron chi connectivity index (χ1n) is 7.82. The molecule has 1 N–H and O–H groups in total. The van der Waals surface area contributed by atoms with Crippen LogP contribution < -0.4 is 5.32 Å². The number of nitrogens with one attached hydrogen (secondary N) is 1. The van der Waals surface area contributed by atoms with Crippen LogP contribution in [0.2, 0.25) is 0 Å². The summed E-state index contributed by atoms with van der Waals surface area (Å²) in [6.07, 6.45) is 5.26. The summed E-state index contributed by atoms with van der Waals surface area (Å²) in [5.74, 6) is -0.121. The van der Waals surface area contributed by atoms with Crippen LogP contribution >= 0.6 is 0 Å². The van der Waals surface area contributed by atoms with Gasteiger partial charge in [0.2, 0.25) is 0 Å². The predicted octanol–water partition coefficient (Wildman–Crippen LogP) is 3.24.